The number of carbonyl (C=O) groups excluding carboxylic acids is 1. The molecule has 0 saturated carbocycles. The van der Waals surface area contributed by atoms with E-state index in [1.807, 2.05) is 11.4 Å². The van der Waals surface area contributed by atoms with Gasteiger partial charge in [-0.15, -0.1) is 11.3 Å². The van der Waals surface area contributed by atoms with Gasteiger partial charge in [-0.05, 0) is 18.9 Å². The molecule has 0 aliphatic heterocycles. The van der Waals surface area contributed by atoms with E-state index in [1.54, 1.807) is 18.7 Å². The highest BCUT2D eigenvalue weighted by Crippen LogP contribution is 2.31. The molecule has 0 saturated heterocycles. The van der Waals surface area contributed by atoms with Gasteiger partial charge in [0.2, 0.25) is 0 Å². The Kier molecular flexibility index (Phi) is 3.58. The molecule has 118 valence electrons. The van der Waals surface area contributed by atoms with Gasteiger partial charge < -0.3 is 15.1 Å². The molecule has 1 aliphatic rings. The molecular weight excluding hydrogens is 314 g/mol. The largest absolute Gasteiger partial charge is 0.469 e. The Hall–Kier alpha value is -2.61. The van der Waals surface area contributed by atoms with Crippen molar-refractivity contribution in [2.24, 2.45) is 0 Å². The summed E-state index contributed by atoms with van der Waals surface area (Å²) in [5.41, 5.74) is 2.39. The number of thiazole rings is 1. The first-order chi connectivity index (χ1) is 11.3. The lowest BCUT2D eigenvalue weighted by atomic mass is 9.93. The Morgan fingerprint density at radius 1 is 1.48 bits per heavy atom. The normalized spacial score (nSPS) is 16.8. The van der Waals surface area contributed by atoms with E-state index in [4.69, 9.17) is 4.42 Å². The number of nitrogens with zero attached hydrogens (tertiary/aromatic N) is 2. The van der Waals surface area contributed by atoms with Crippen LogP contribution in [-0.4, -0.2) is 21.2 Å². The zero-order valence-electron chi connectivity index (χ0n) is 12.2. The number of aryl methyl sites for hydroxylation is 1. The van der Waals surface area contributed by atoms with Crippen molar-refractivity contribution >= 4 is 23.1 Å². The van der Waals surface area contributed by atoms with Gasteiger partial charge in [-0.3, -0.25) is 5.10 Å². The quantitative estimate of drug-likeness (QED) is 0.687. The van der Waals surface area contributed by atoms with E-state index in [2.05, 4.69) is 25.8 Å². The zero-order chi connectivity index (χ0) is 15.6. The number of H-pyrrole nitrogens is 1. The Balaban J connectivity index is 1.47. The summed E-state index contributed by atoms with van der Waals surface area (Å²) in [6.07, 6.45) is 7.82. The van der Waals surface area contributed by atoms with Crippen molar-refractivity contribution in [1.29, 1.82) is 0 Å². The van der Waals surface area contributed by atoms with Crippen LogP contribution < -0.4 is 10.6 Å². The van der Waals surface area contributed by atoms with Crippen LogP contribution in [0.5, 0.6) is 0 Å². The molecule has 1 aliphatic carbocycles. The van der Waals surface area contributed by atoms with E-state index in [1.165, 1.54) is 11.3 Å². The lowest BCUT2D eigenvalue weighted by Gasteiger charge is -2.22. The van der Waals surface area contributed by atoms with E-state index in [-0.39, 0.29) is 12.1 Å². The van der Waals surface area contributed by atoms with E-state index in [9.17, 15) is 4.79 Å². The number of amides is 2. The molecule has 0 bridgehead atoms. The SMILES string of the molecule is O=C(Nc1cn[nH]c1-c1nccs1)NC1CCCc2occc21. The third-order valence-corrected chi connectivity index (χ3v) is 4.68. The second kappa shape index (κ2) is 5.88. The standard InChI is InChI=1S/C15H15N5O2S/c21-15(18-10-2-1-3-12-9(10)4-6-22-12)19-11-8-17-20-13(11)14-16-5-7-23-14/h4-8,10H,1-3H2,(H,17,20)(H2,18,19,21). The van der Waals surface area contributed by atoms with Crippen LogP contribution in [0.15, 0.2) is 34.5 Å². The van der Waals surface area contributed by atoms with Crippen LogP contribution >= 0.6 is 11.3 Å². The Morgan fingerprint density at radius 2 is 2.43 bits per heavy atom. The van der Waals surface area contributed by atoms with Crippen LogP contribution in [0.2, 0.25) is 0 Å². The Bertz CT molecular complexity index is 808. The molecule has 7 nitrogen and oxygen atoms in total. The minimum Gasteiger partial charge on any atom is -0.469 e. The number of hydrogen-bond donors (Lipinski definition) is 3. The van der Waals surface area contributed by atoms with Gasteiger partial charge in [0, 0.05) is 23.6 Å². The van der Waals surface area contributed by atoms with E-state index in [0.717, 1.165) is 35.6 Å². The maximum Gasteiger partial charge on any atom is 0.319 e. The van der Waals surface area contributed by atoms with Gasteiger partial charge in [-0.25, -0.2) is 9.78 Å². The maximum atomic E-state index is 12.3. The number of aromatic nitrogens is 3. The van der Waals surface area contributed by atoms with Crippen molar-refractivity contribution in [2.45, 2.75) is 25.3 Å². The van der Waals surface area contributed by atoms with Gasteiger partial charge in [0.15, 0.2) is 0 Å². The van der Waals surface area contributed by atoms with E-state index < -0.39 is 0 Å². The smallest absolute Gasteiger partial charge is 0.319 e. The van der Waals surface area contributed by atoms with Crippen LogP contribution in [0, 0.1) is 0 Å². The number of fused-ring (bicyclic) bond motifs is 1. The van der Waals surface area contributed by atoms with Gasteiger partial charge in [0.1, 0.15) is 16.5 Å². The fourth-order valence-electron chi connectivity index (χ4n) is 2.84. The summed E-state index contributed by atoms with van der Waals surface area (Å²) in [5.74, 6) is 0.966. The topological polar surface area (TPSA) is 95.8 Å². The second-order valence-electron chi connectivity index (χ2n) is 5.34. The molecule has 0 aromatic carbocycles. The summed E-state index contributed by atoms with van der Waals surface area (Å²) in [6, 6.07) is 1.65. The van der Waals surface area contributed by atoms with Gasteiger partial charge >= 0.3 is 6.03 Å². The van der Waals surface area contributed by atoms with Crippen LogP contribution in [0.1, 0.15) is 30.2 Å². The van der Waals surface area contributed by atoms with Crippen molar-refractivity contribution < 1.29 is 9.21 Å². The summed E-state index contributed by atoms with van der Waals surface area (Å²) < 4.78 is 5.45. The highest BCUT2D eigenvalue weighted by Gasteiger charge is 2.24. The fourth-order valence-corrected chi connectivity index (χ4v) is 3.49. The number of nitrogens with one attached hydrogen (secondary N) is 3. The molecule has 3 aromatic rings. The number of urea groups is 1. The fraction of sp³-hybridized carbons (Fsp3) is 0.267. The predicted octanol–water partition coefficient (Wildman–Crippen LogP) is 3.33. The predicted molar refractivity (Wildman–Crippen MR) is 86.2 cm³/mol. The lowest BCUT2D eigenvalue weighted by molar-refractivity contribution is 0.246. The molecule has 23 heavy (non-hydrogen) atoms. The summed E-state index contributed by atoms with van der Waals surface area (Å²) in [4.78, 5) is 16.5. The monoisotopic (exact) mass is 329 g/mol. The van der Waals surface area contributed by atoms with E-state index in [0.29, 0.717) is 11.4 Å². The van der Waals surface area contributed by atoms with Crippen molar-refractivity contribution in [1.82, 2.24) is 20.5 Å². The van der Waals surface area contributed by atoms with Crippen LogP contribution in [0.25, 0.3) is 10.7 Å². The van der Waals surface area contributed by atoms with Gasteiger partial charge in [0.05, 0.1) is 24.2 Å². The molecule has 1 unspecified atom stereocenters. The molecular formula is C15H15N5O2S. The third kappa shape index (κ3) is 2.72. The molecule has 1 atom stereocenters. The number of anilines is 1. The zero-order valence-corrected chi connectivity index (χ0v) is 13.0. The summed E-state index contributed by atoms with van der Waals surface area (Å²) in [7, 11) is 0. The summed E-state index contributed by atoms with van der Waals surface area (Å²) in [5, 5.41) is 15.4. The van der Waals surface area contributed by atoms with E-state index >= 15 is 0 Å². The molecule has 8 heteroatoms. The maximum absolute atomic E-state index is 12.3. The van der Waals surface area contributed by atoms with Crippen LogP contribution in [0.4, 0.5) is 10.5 Å². The van der Waals surface area contributed by atoms with Crippen LogP contribution in [0.3, 0.4) is 0 Å². The number of hydrogen-bond acceptors (Lipinski definition) is 5. The highest BCUT2D eigenvalue weighted by molar-refractivity contribution is 7.13. The minimum atomic E-state index is -0.261. The molecule has 0 radical (unpaired) electrons. The van der Waals surface area contributed by atoms with Gasteiger partial charge in [-0.2, -0.15) is 5.10 Å². The molecule has 4 rings (SSSR count). The molecule has 0 spiro atoms. The molecule has 2 amide bonds. The van der Waals surface area contributed by atoms with Crippen molar-refractivity contribution in [3.8, 4) is 10.7 Å². The van der Waals surface area contributed by atoms with Crippen LogP contribution in [-0.2, 0) is 6.42 Å². The minimum absolute atomic E-state index is 0.0206. The van der Waals surface area contributed by atoms with Gasteiger partial charge in [-0.1, -0.05) is 0 Å². The van der Waals surface area contributed by atoms with Gasteiger partial charge in [0.25, 0.3) is 0 Å². The first-order valence-corrected chi connectivity index (χ1v) is 8.26. The number of rotatable bonds is 3. The molecule has 3 heterocycles. The average molecular weight is 329 g/mol. The van der Waals surface area contributed by atoms with Crippen molar-refractivity contribution in [3.05, 3.63) is 41.4 Å². The second-order valence-corrected chi connectivity index (χ2v) is 6.23. The number of furan rings is 1. The van der Waals surface area contributed by atoms with Crippen molar-refractivity contribution in [2.75, 3.05) is 5.32 Å². The Labute approximate surface area is 136 Å². The highest BCUT2D eigenvalue weighted by atomic mass is 32.1. The molecule has 3 aromatic heterocycles. The first kappa shape index (κ1) is 14.0. The summed E-state index contributed by atoms with van der Waals surface area (Å²) >= 11 is 1.48. The summed E-state index contributed by atoms with van der Waals surface area (Å²) in [6.45, 7) is 0. The number of carbonyl (C=O) groups is 1. The third-order valence-electron chi connectivity index (χ3n) is 3.89. The lowest BCUT2D eigenvalue weighted by Crippen LogP contribution is -2.34. The number of aromatic amines is 1. The Morgan fingerprint density at radius 3 is 3.30 bits per heavy atom. The average Bonchev–Trinajstić information content (AvgIpc) is 3.28. The first-order valence-electron chi connectivity index (χ1n) is 7.38. The molecule has 3 N–H and O–H groups in total. The molecule has 0 fully saturated rings. The van der Waals surface area contributed by atoms with Crippen molar-refractivity contribution in [3.63, 3.8) is 0 Å².